The van der Waals surface area contributed by atoms with Crippen molar-refractivity contribution in [3.05, 3.63) is 84.8 Å². The monoisotopic (exact) mass is 545 g/mol. The zero-order chi connectivity index (χ0) is 26.8. The van der Waals surface area contributed by atoms with Gasteiger partial charge in [0.15, 0.2) is 5.82 Å². The third-order valence-corrected chi connectivity index (χ3v) is 8.06. The number of fused-ring (bicyclic) bond motifs is 3. The molecule has 0 fully saturated rings. The lowest BCUT2D eigenvalue weighted by Crippen LogP contribution is -2.45. The number of carbonyl (C=O) groups is 2. The van der Waals surface area contributed by atoms with Gasteiger partial charge in [-0.25, -0.2) is 4.39 Å². The van der Waals surface area contributed by atoms with Gasteiger partial charge in [0.2, 0.25) is 0 Å². The molecule has 0 aliphatic carbocycles. The molecule has 1 aromatic carbocycles. The highest BCUT2D eigenvalue weighted by Crippen LogP contribution is 2.35. The van der Waals surface area contributed by atoms with Gasteiger partial charge in [0.25, 0.3) is 17.4 Å². The second-order valence-electron chi connectivity index (χ2n) is 9.85. The molecule has 0 saturated carbocycles. The Labute approximate surface area is 223 Å². The first-order chi connectivity index (χ1) is 17.5. The topological polar surface area (TPSA) is 80.4 Å². The first kappa shape index (κ1) is 25.5. The molecule has 0 spiro atoms. The Morgan fingerprint density at radius 3 is 2.54 bits per heavy atom. The van der Waals surface area contributed by atoms with Crippen LogP contribution in [0.5, 0.6) is 0 Å². The summed E-state index contributed by atoms with van der Waals surface area (Å²) in [5.41, 5.74) is 2.16. The number of amides is 2. The van der Waals surface area contributed by atoms with Crippen LogP contribution in [0.15, 0.2) is 35.3 Å². The average Bonchev–Trinajstić information content (AvgIpc) is 3.23. The molecule has 3 aromatic rings. The van der Waals surface area contributed by atoms with Crippen molar-refractivity contribution in [1.29, 1.82) is 0 Å². The number of halogens is 3. The van der Waals surface area contributed by atoms with Crippen molar-refractivity contribution in [2.45, 2.75) is 51.9 Å². The fraction of sp³-hybridized carbons (Fsp3) is 0.385. The molecule has 2 aliphatic rings. The number of benzene rings is 1. The van der Waals surface area contributed by atoms with E-state index in [0.717, 1.165) is 5.69 Å². The Hall–Kier alpha value is -3.17. The van der Waals surface area contributed by atoms with Gasteiger partial charge in [0.05, 0.1) is 34.4 Å². The van der Waals surface area contributed by atoms with E-state index in [9.17, 15) is 18.8 Å². The average molecular weight is 546 g/mol. The van der Waals surface area contributed by atoms with E-state index in [1.165, 1.54) is 17.7 Å². The Balaban J connectivity index is 1.49. The first-order valence-corrected chi connectivity index (χ1v) is 12.8. The molecular weight excluding hydrogens is 520 g/mol. The van der Waals surface area contributed by atoms with Crippen LogP contribution in [0.2, 0.25) is 10.0 Å². The lowest BCUT2D eigenvalue weighted by molar-refractivity contribution is 0.0573. The zero-order valence-corrected chi connectivity index (χ0v) is 22.3. The predicted molar refractivity (Wildman–Crippen MR) is 138 cm³/mol. The third-order valence-electron chi connectivity index (χ3n) is 7.32. The lowest BCUT2D eigenvalue weighted by atomic mass is 9.96. The van der Waals surface area contributed by atoms with Crippen molar-refractivity contribution in [1.82, 2.24) is 24.1 Å². The Kier molecular flexibility index (Phi) is 6.40. The van der Waals surface area contributed by atoms with Gasteiger partial charge < -0.3 is 14.4 Å². The van der Waals surface area contributed by atoms with E-state index in [-0.39, 0.29) is 30.4 Å². The van der Waals surface area contributed by atoms with Crippen molar-refractivity contribution < 1.29 is 14.0 Å². The smallest absolute Gasteiger partial charge is 0.286 e. The number of hydrogen-bond acceptors (Lipinski definition) is 4. The molecule has 0 unspecified atom stereocenters. The van der Waals surface area contributed by atoms with Gasteiger partial charge in [-0.15, -0.1) is 0 Å². The second-order valence-corrected chi connectivity index (χ2v) is 10.7. The van der Waals surface area contributed by atoms with Gasteiger partial charge in [0.1, 0.15) is 5.69 Å². The van der Waals surface area contributed by atoms with Crippen molar-refractivity contribution in [3.63, 3.8) is 0 Å². The molecule has 11 heteroatoms. The fourth-order valence-corrected chi connectivity index (χ4v) is 5.49. The zero-order valence-electron chi connectivity index (χ0n) is 20.8. The number of aromatic nitrogens is 3. The van der Waals surface area contributed by atoms with Crippen LogP contribution < -0.4 is 5.56 Å². The molecule has 2 aliphatic heterocycles. The summed E-state index contributed by atoms with van der Waals surface area (Å²) in [6.45, 7) is 6.33. The largest absolute Gasteiger partial charge is 0.331 e. The van der Waals surface area contributed by atoms with E-state index in [1.54, 1.807) is 38.9 Å². The van der Waals surface area contributed by atoms with Crippen LogP contribution in [-0.4, -0.2) is 48.5 Å². The van der Waals surface area contributed by atoms with E-state index < -0.39 is 17.4 Å². The van der Waals surface area contributed by atoms with Gasteiger partial charge in [-0.1, -0.05) is 23.2 Å². The van der Waals surface area contributed by atoms with E-state index in [2.05, 4.69) is 0 Å². The SMILES string of the molecule is C[C@@H]1Cc2nn3c(c2CN1C(=O)c1ccc(Cl)c(Cl)c1)C(=O)N([C@H](C)c1cc(F)c(=O)n(C)c1)C[C@H]3C. The highest BCUT2D eigenvalue weighted by atomic mass is 35.5. The van der Waals surface area contributed by atoms with Crippen molar-refractivity contribution in [2.24, 2.45) is 7.05 Å². The first-order valence-electron chi connectivity index (χ1n) is 12.0. The molecule has 0 N–H and O–H groups in total. The van der Waals surface area contributed by atoms with Gasteiger partial charge >= 0.3 is 0 Å². The number of hydrogen-bond donors (Lipinski definition) is 0. The van der Waals surface area contributed by atoms with Crippen LogP contribution in [-0.2, 0) is 20.0 Å². The van der Waals surface area contributed by atoms with E-state index in [0.29, 0.717) is 45.4 Å². The van der Waals surface area contributed by atoms with Gasteiger partial charge in [-0.05, 0) is 50.6 Å². The van der Waals surface area contributed by atoms with Crippen LogP contribution in [0.3, 0.4) is 0 Å². The molecule has 4 heterocycles. The Morgan fingerprint density at radius 2 is 1.86 bits per heavy atom. The lowest BCUT2D eigenvalue weighted by Gasteiger charge is -2.37. The summed E-state index contributed by atoms with van der Waals surface area (Å²) in [6, 6.07) is 5.21. The summed E-state index contributed by atoms with van der Waals surface area (Å²) in [7, 11) is 1.48. The summed E-state index contributed by atoms with van der Waals surface area (Å²) in [4.78, 5) is 42.4. The number of carbonyl (C=O) groups excluding carboxylic acids is 2. The van der Waals surface area contributed by atoms with Crippen LogP contribution in [0, 0.1) is 5.82 Å². The molecule has 2 amide bonds. The molecule has 8 nitrogen and oxygen atoms in total. The molecule has 194 valence electrons. The summed E-state index contributed by atoms with van der Waals surface area (Å²) < 4.78 is 17.1. The maximum atomic E-state index is 14.2. The summed E-state index contributed by atoms with van der Waals surface area (Å²) in [5, 5.41) is 5.42. The highest BCUT2D eigenvalue weighted by Gasteiger charge is 2.40. The second kappa shape index (κ2) is 9.29. The maximum absolute atomic E-state index is 14.2. The van der Waals surface area contributed by atoms with E-state index in [4.69, 9.17) is 28.3 Å². The van der Waals surface area contributed by atoms with Crippen LogP contribution in [0.25, 0.3) is 0 Å². The third kappa shape index (κ3) is 4.24. The molecule has 2 aromatic heterocycles. The minimum absolute atomic E-state index is 0.132. The van der Waals surface area contributed by atoms with Gasteiger partial charge in [-0.2, -0.15) is 5.10 Å². The highest BCUT2D eigenvalue weighted by molar-refractivity contribution is 6.42. The van der Waals surface area contributed by atoms with E-state index >= 15 is 0 Å². The van der Waals surface area contributed by atoms with Crippen molar-refractivity contribution >= 4 is 35.0 Å². The number of rotatable bonds is 3. The summed E-state index contributed by atoms with van der Waals surface area (Å²) >= 11 is 12.2. The minimum Gasteiger partial charge on any atom is -0.331 e. The van der Waals surface area contributed by atoms with Crippen molar-refractivity contribution in [3.8, 4) is 0 Å². The Morgan fingerprint density at radius 1 is 1.14 bits per heavy atom. The fourth-order valence-electron chi connectivity index (χ4n) is 5.19. The quantitative estimate of drug-likeness (QED) is 0.488. The summed E-state index contributed by atoms with van der Waals surface area (Å²) in [6.07, 6.45) is 2.05. The van der Waals surface area contributed by atoms with Gasteiger partial charge in [-0.3, -0.25) is 19.1 Å². The molecule has 5 rings (SSSR count). The van der Waals surface area contributed by atoms with Crippen LogP contribution in [0.1, 0.15) is 70.5 Å². The summed E-state index contributed by atoms with van der Waals surface area (Å²) in [5.74, 6) is -1.32. The predicted octanol–water partition coefficient (Wildman–Crippen LogP) is 4.39. The minimum atomic E-state index is -0.864. The van der Waals surface area contributed by atoms with Crippen LogP contribution >= 0.6 is 23.2 Å². The molecule has 0 saturated heterocycles. The molecule has 37 heavy (non-hydrogen) atoms. The molecule has 0 bridgehead atoms. The number of pyridine rings is 1. The molecular formula is C26H26Cl2FN5O3. The molecule has 0 radical (unpaired) electrons. The molecule has 3 atom stereocenters. The van der Waals surface area contributed by atoms with E-state index in [1.807, 2.05) is 20.8 Å². The maximum Gasteiger partial charge on any atom is 0.286 e. The Bertz CT molecular complexity index is 1470. The number of aryl methyl sites for hydroxylation is 1. The number of nitrogens with zero attached hydrogens (tertiary/aromatic N) is 5. The van der Waals surface area contributed by atoms with Gasteiger partial charge in [0, 0.05) is 43.4 Å². The van der Waals surface area contributed by atoms with Crippen LogP contribution in [0.4, 0.5) is 4.39 Å². The normalized spacial score (nSPS) is 20.0. The van der Waals surface area contributed by atoms with Crippen molar-refractivity contribution in [2.75, 3.05) is 6.54 Å². The standard InChI is InChI=1S/C26H26Cl2FN5O3/c1-13-7-22-18(12-32(13)24(35)16-5-6-19(27)20(28)8-16)23-26(37)33(10-14(2)34(23)30-22)15(3)17-9-21(29)25(36)31(4)11-17/h5-6,8-9,11,13-15H,7,10,12H2,1-4H3/t13-,14-,15-/m1/s1.